The maximum absolute atomic E-state index is 5.83. The van der Waals surface area contributed by atoms with Crippen LogP contribution >= 0.6 is 0 Å². The average molecular weight is 266 g/mol. The molecule has 1 saturated carbocycles. The average Bonchev–Trinajstić information content (AvgIpc) is 2.45. The van der Waals surface area contributed by atoms with Gasteiger partial charge in [-0.2, -0.15) is 0 Å². The third-order valence-electron chi connectivity index (χ3n) is 4.40. The number of rotatable bonds is 5. The minimum atomic E-state index is 0.189. The first-order valence-electron chi connectivity index (χ1n) is 7.47. The van der Waals surface area contributed by atoms with Crippen molar-refractivity contribution in [3.8, 4) is 0 Å². The van der Waals surface area contributed by atoms with E-state index >= 15 is 0 Å². The van der Waals surface area contributed by atoms with Gasteiger partial charge in [-0.05, 0) is 41.9 Å². The number of hydrazine groups is 1. The van der Waals surface area contributed by atoms with Crippen LogP contribution in [0.15, 0.2) is 54.6 Å². The lowest BCUT2D eigenvalue weighted by molar-refractivity contribution is 0.411. The molecule has 3 N–H and O–H groups in total. The maximum Gasteiger partial charge on any atom is 0.0503 e. The first-order valence-corrected chi connectivity index (χ1v) is 7.47. The highest BCUT2D eigenvalue weighted by molar-refractivity contribution is 5.35. The monoisotopic (exact) mass is 266 g/mol. The molecule has 0 saturated heterocycles. The summed E-state index contributed by atoms with van der Waals surface area (Å²) in [5.74, 6) is 6.57. The van der Waals surface area contributed by atoms with E-state index in [9.17, 15) is 0 Å². The van der Waals surface area contributed by atoms with Crippen molar-refractivity contribution in [2.24, 2.45) is 5.84 Å². The molecule has 2 nitrogen and oxygen atoms in total. The fourth-order valence-electron chi connectivity index (χ4n) is 3.03. The molecule has 0 radical (unpaired) electrons. The van der Waals surface area contributed by atoms with E-state index in [1.807, 2.05) is 0 Å². The van der Waals surface area contributed by atoms with Crippen molar-refractivity contribution in [2.45, 2.75) is 37.6 Å². The van der Waals surface area contributed by atoms with E-state index in [1.165, 1.54) is 36.0 Å². The molecule has 0 heterocycles. The van der Waals surface area contributed by atoms with Crippen molar-refractivity contribution >= 4 is 0 Å². The van der Waals surface area contributed by atoms with Crippen LogP contribution in [0.3, 0.4) is 0 Å². The predicted molar refractivity (Wildman–Crippen MR) is 83.2 cm³/mol. The van der Waals surface area contributed by atoms with Gasteiger partial charge in [0.25, 0.3) is 0 Å². The zero-order valence-corrected chi connectivity index (χ0v) is 11.8. The molecule has 1 unspecified atom stereocenters. The zero-order valence-electron chi connectivity index (χ0n) is 11.8. The van der Waals surface area contributed by atoms with Gasteiger partial charge in [0.15, 0.2) is 0 Å². The summed E-state index contributed by atoms with van der Waals surface area (Å²) < 4.78 is 0. The zero-order chi connectivity index (χ0) is 13.8. The first-order chi connectivity index (χ1) is 9.88. The molecule has 1 aliphatic rings. The molecule has 0 spiro atoms. The van der Waals surface area contributed by atoms with Crippen LogP contribution in [0.25, 0.3) is 0 Å². The number of nitrogens with two attached hydrogens (primary N) is 1. The smallest absolute Gasteiger partial charge is 0.0503 e. The van der Waals surface area contributed by atoms with E-state index in [-0.39, 0.29) is 6.04 Å². The minimum absolute atomic E-state index is 0.189. The van der Waals surface area contributed by atoms with Gasteiger partial charge in [-0.3, -0.25) is 11.3 Å². The lowest BCUT2D eigenvalue weighted by atomic mass is 9.76. The normalized spacial score (nSPS) is 16.6. The van der Waals surface area contributed by atoms with Crippen molar-refractivity contribution in [2.75, 3.05) is 0 Å². The van der Waals surface area contributed by atoms with E-state index in [4.69, 9.17) is 5.84 Å². The molecule has 1 atom stereocenters. The van der Waals surface area contributed by atoms with Gasteiger partial charge in [-0.15, -0.1) is 0 Å². The lowest BCUT2D eigenvalue weighted by Crippen LogP contribution is -2.31. The quantitative estimate of drug-likeness (QED) is 0.639. The Morgan fingerprint density at radius 3 is 2.35 bits per heavy atom. The van der Waals surface area contributed by atoms with Crippen LogP contribution in [0.4, 0.5) is 0 Å². The molecular formula is C18H22N2. The second kappa shape index (κ2) is 6.21. The van der Waals surface area contributed by atoms with Gasteiger partial charge in [0.1, 0.15) is 0 Å². The van der Waals surface area contributed by atoms with Crippen molar-refractivity contribution in [1.29, 1.82) is 0 Å². The minimum Gasteiger partial charge on any atom is -0.271 e. The van der Waals surface area contributed by atoms with Crippen LogP contribution in [0.1, 0.15) is 47.9 Å². The summed E-state index contributed by atoms with van der Waals surface area (Å²) in [7, 11) is 0. The summed E-state index contributed by atoms with van der Waals surface area (Å²) >= 11 is 0. The van der Waals surface area contributed by atoms with Gasteiger partial charge in [-0.25, -0.2) is 0 Å². The molecule has 104 valence electrons. The van der Waals surface area contributed by atoms with E-state index in [2.05, 4.69) is 60.0 Å². The van der Waals surface area contributed by atoms with Gasteiger partial charge in [0.2, 0.25) is 0 Å². The summed E-state index contributed by atoms with van der Waals surface area (Å²) in [6.45, 7) is 0. The van der Waals surface area contributed by atoms with Crippen molar-refractivity contribution in [1.82, 2.24) is 5.43 Å². The van der Waals surface area contributed by atoms with Gasteiger partial charge < -0.3 is 0 Å². The van der Waals surface area contributed by atoms with Crippen molar-refractivity contribution < 1.29 is 0 Å². The Labute approximate surface area is 121 Å². The summed E-state index contributed by atoms with van der Waals surface area (Å²) in [5.41, 5.74) is 7.18. The highest BCUT2D eigenvalue weighted by Gasteiger charge is 2.24. The highest BCUT2D eigenvalue weighted by atomic mass is 15.2. The van der Waals surface area contributed by atoms with E-state index in [0.717, 1.165) is 12.3 Å². The molecule has 3 rings (SSSR count). The molecule has 0 bridgehead atoms. The molecule has 20 heavy (non-hydrogen) atoms. The third-order valence-corrected chi connectivity index (χ3v) is 4.40. The fourth-order valence-corrected chi connectivity index (χ4v) is 3.03. The summed E-state index contributed by atoms with van der Waals surface area (Å²) in [4.78, 5) is 0. The second-order valence-electron chi connectivity index (χ2n) is 5.67. The molecule has 2 aromatic carbocycles. The van der Waals surface area contributed by atoms with Crippen LogP contribution in [-0.4, -0.2) is 0 Å². The number of benzene rings is 2. The number of hydrogen-bond acceptors (Lipinski definition) is 2. The Hall–Kier alpha value is -1.64. The largest absolute Gasteiger partial charge is 0.271 e. The molecule has 1 fully saturated rings. The van der Waals surface area contributed by atoms with E-state index in [1.54, 1.807) is 0 Å². The summed E-state index contributed by atoms with van der Waals surface area (Å²) in [6, 6.07) is 19.5. The molecular weight excluding hydrogens is 244 g/mol. The first kappa shape index (κ1) is 13.3. The molecule has 1 aliphatic carbocycles. The Morgan fingerprint density at radius 2 is 1.70 bits per heavy atom. The third kappa shape index (κ3) is 2.77. The molecule has 0 amide bonds. The molecule has 0 aliphatic heterocycles. The Balaban J connectivity index is 1.85. The predicted octanol–water partition coefficient (Wildman–Crippen LogP) is 3.70. The lowest BCUT2D eigenvalue weighted by Gasteiger charge is -2.30. The van der Waals surface area contributed by atoms with Crippen LogP contribution in [-0.2, 0) is 6.42 Å². The highest BCUT2D eigenvalue weighted by Crippen LogP contribution is 2.39. The summed E-state index contributed by atoms with van der Waals surface area (Å²) in [6.07, 6.45) is 4.93. The molecule has 2 aromatic rings. The van der Waals surface area contributed by atoms with Crippen molar-refractivity contribution in [3.05, 3.63) is 71.3 Å². The van der Waals surface area contributed by atoms with Gasteiger partial charge in [0.05, 0.1) is 6.04 Å². The van der Waals surface area contributed by atoms with Crippen molar-refractivity contribution in [3.63, 3.8) is 0 Å². The molecule has 2 heteroatoms. The van der Waals surface area contributed by atoms with Crippen LogP contribution < -0.4 is 11.3 Å². The van der Waals surface area contributed by atoms with Gasteiger partial charge >= 0.3 is 0 Å². The van der Waals surface area contributed by atoms with E-state index in [0.29, 0.717) is 0 Å². The maximum atomic E-state index is 5.83. The van der Waals surface area contributed by atoms with Crippen LogP contribution in [0.5, 0.6) is 0 Å². The van der Waals surface area contributed by atoms with Gasteiger partial charge in [0, 0.05) is 0 Å². The van der Waals surface area contributed by atoms with Crippen LogP contribution in [0.2, 0.25) is 0 Å². The fraction of sp³-hybridized carbons (Fsp3) is 0.333. The topological polar surface area (TPSA) is 38.0 Å². The van der Waals surface area contributed by atoms with Crippen LogP contribution in [0, 0.1) is 0 Å². The Bertz CT molecular complexity index is 546. The number of nitrogens with one attached hydrogen (secondary N) is 1. The number of hydrogen-bond donors (Lipinski definition) is 2. The van der Waals surface area contributed by atoms with E-state index < -0.39 is 0 Å². The molecule has 0 aromatic heterocycles. The SMILES string of the molecule is NNC(Cc1ccccc1)c1ccccc1C1CCC1. The Morgan fingerprint density at radius 1 is 1.00 bits per heavy atom. The van der Waals surface area contributed by atoms with Gasteiger partial charge in [-0.1, -0.05) is 61.0 Å². The Kier molecular flexibility index (Phi) is 4.14. The summed E-state index contributed by atoms with van der Waals surface area (Å²) in [5, 5.41) is 0. The second-order valence-corrected chi connectivity index (χ2v) is 5.67. The standard InChI is InChI=1S/C18H22N2/c19-20-18(13-14-7-2-1-3-8-14)17-12-5-4-11-16(17)15-9-6-10-15/h1-5,7-8,11-12,15,18,20H,6,9-10,13,19H2.